The van der Waals surface area contributed by atoms with Crippen molar-refractivity contribution < 1.29 is 14.3 Å². The van der Waals surface area contributed by atoms with E-state index in [0.29, 0.717) is 45.4 Å². The van der Waals surface area contributed by atoms with E-state index in [1.165, 1.54) is 0 Å². The molecule has 0 radical (unpaired) electrons. The summed E-state index contributed by atoms with van der Waals surface area (Å²) >= 11 is 2.32. The second-order valence-corrected chi connectivity index (χ2v) is 18.7. The van der Waals surface area contributed by atoms with Gasteiger partial charge in [-0.15, -0.1) is 0 Å². The van der Waals surface area contributed by atoms with Gasteiger partial charge in [0.05, 0.1) is 17.6 Å². The van der Waals surface area contributed by atoms with Crippen LogP contribution < -0.4 is 10.2 Å². The van der Waals surface area contributed by atoms with Gasteiger partial charge in [0, 0.05) is 56.8 Å². The molecule has 1 fully saturated rings. The molecule has 0 spiro atoms. The Balaban J connectivity index is 1.37. The van der Waals surface area contributed by atoms with Crippen molar-refractivity contribution in [2.75, 3.05) is 43.0 Å². The maximum atomic E-state index is 12.4. The number of carbonyl (C=O) groups excluding carboxylic acids is 1. The van der Waals surface area contributed by atoms with Crippen LogP contribution in [0.5, 0.6) is 0 Å². The minimum absolute atomic E-state index is 0.279. The molecule has 212 valence electrons. The van der Waals surface area contributed by atoms with Crippen molar-refractivity contribution in [3.8, 4) is 0 Å². The van der Waals surface area contributed by atoms with Gasteiger partial charge in [0.15, 0.2) is 0 Å². The van der Waals surface area contributed by atoms with Crippen molar-refractivity contribution in [3.05, 3.63) is 34.1 Å². The van der Waals surface area contributed by atoms with Crippen molar-refractivity contribution in [2.24, 2.45) is 0 Å². The molecule has 3 aromatic heterocycles. The molecule has 4 heterocycles. The highest BCUT2D eigenvalue weighted by atomic mass is 127. The van der Waals surface area contributed by atoms with Gasteiger partial charge in [-0.05, 0) is 55.5 Å². The second kappa shape index (κ2) is 12.3. The van der Waals surface area contributed by atoms with Crippen LogP contribution in [0.4, 0.5) is 16.6 Å². The monoisotopic (exact) mass is 666 g/mol. The fraction of sp³-hybridized carbons (Fsp3) is 0.577. The van der Waals surface area contributed by atoms with E-state index in [2.05, 4.69) is 73.6 Å². The number of ether oxygens (including phenoxy) is 2. The molecule has 11 nitrogen and oxygen atoms in total. The Labute approximate surface area is 244 Å². The number of hydrogen-bond acceptors (Lipinski definition) is 9. The lowest BCUT2D eigenvalue weighted by molar-refractivity contribution is 0.0240. The lowest BCUT2D eigenvalue weighted by Crippen LogP contribution is -2.50. The van der Waals surface area contributed by atoms with E-state index in [0.717, 1.165) is 38.8 Å². The summed E-state index contributed by atoms with van der Waals surface area (Å²) in [6.45, 7) is 16.8. The van der Waals surface area contributed by atoms with Gasteiger partial charge in [0.2, 0.25) is 5.95 Å². The highest BCUT2D eigenvalue weighted by Gasteiger charge is 2.27. The molecule has 0 unspecified atom stereocenters. The van der Waals surface area contributed by atoms with E-state index in [9.17, 15) is 4.79 Å². The van der Waals surface area contributed by atoms with E-state index in [1.54, 1.807) is 17.4 Å². The van der Waals surface area contributed by atoms with Gasteiger partial charge in [0.25, 0.3) is 0 Å². The topological polar surface area (TPSA) is 111 Å². The third kappa shape index (κ3) is 8.24. The predicted molar refractivity (Wildman–Crippen MR) is 164 cm³/mol. The second-order valence-electron chi connectivity index (χ2n) is 11.9. The van der Waals surface area contributed by atoms with Crippen molar-refractivity contribution in [1.82, 2.24) is 29.4 Å². The van der Waals surface area contributed by atoms with Crippen molar-refractivity contribution in [1.29, 1.82) is 0 Å². The Kier molecular flexibility index (Phi) is 9.32. The quantitative estimate of drug-likeness (QED) is 0.196. The molecule has 0 bridgehead atoms. The number of carbonyl (C=O) groups is 1. The van der Waals surface area contributed by atoms with Crippen LogP contribution >= 0.6 is 22.6 Å². The summed E-state index contributed by atoms with van der Waals surface area (Å²) in [4.78, 5) is 34.5. The predicted octanol–water partition coefficient (Wildman–Crippen LogP) is 4.81. The molecule has 13 heteroatoms. The van der Waals surface area contributed by atoms with Crippen LogP contribution in [-0.4, -0.2) is 82.0 Å². The smallest absolute Gasteiger partial charge is 0.410 e. The molecule has 39 heavy (non-hydrogen) atoms. The molecule has 0 atom stereocenters. The minimum Gasteiger partial charge on any atom is -0.444 e. The fourth-order valence-corrected chi connectivity index (χ4v) is 5.66. The van der Waals surface area contributed by atoms with Crippen LogP contribution in [0.1, 0.15) is 26.5 Å². The molecule has 4 rings (SSSR count). The highest BCUT2D eigenvalue weighted by molar-refractivity contribution is 14.1. The van der Waals surface area contributed by atoms with Gasteiger partial charge in [0.1, 0.15) is 30.1 Å². The molecular weight excluding hydrogens is 627 g/mol. The van der Waals surface area contributed by atoms with E-state index >= 15 is 0 Å². The van der Waals surface area contributed by atoms with E-state index in [1.807, 2.05) is 31.4 Å². The van der Waals surface area contributed by atoms with Gasteiger partial charge in [-0.25, -0.2) is 24.7 Å². The summed E-state index contributed by atoms with van der Waals surface area (Å²) in [5, 5.41) is 4.41. The number of aromatic nitrogens is 5. The van der Waals surface area contributed by atoms with Crippen LogP contribution in [0.3, 0.4) is 0 Å². The van der Waals surface area contributed by atoms with Crippen molar-refractivity contribution >= 4 is 59.6 Å². The normalized spacial score (nSPS) is 14.6. The molecule has 1 aliphatic heterocycles. The fourth-order valence-electron chi connectivity index (χ4n) is 4.08. The molecule has 3 aromatic rings. The number of hydrogen-bond donors (Lipinski definition) is 1. The largest absolute Gasteiger partial charge is 0.444 e. The Morgan fingerprint density at radius 3 is 2.56 bits per heavy atom. The summed E-state index contributed by atoms with van der Waals surface area (Å²) in [5.74, 6) is 1.42. The third-order valence-electron chi connectivity index (χ3n) is 6.19. The third-order valence-corrected chi connectivity index (χ3v) is 8.71. The number of anilines is 2. The average molecular weight is 667 g/mol. The zero-order valence-corrected chi connectivity index (χ0v) is 26.9. The van der Waals surface area contributed by atoms with Gasteiger partial charge in [-0.1, -0.05) is 19.6 Å². The average Bonchev–Trinajstić information content (AvgIpc) is 3.20. The van der Waals surface area contributed by atoms with Crippen molar-refractivity contribution in [3.63, 3.8) is 0 Å². The summed E-state index contributed by atoms with van der Waals surface area (Å²) in [5.41, 5.74) is 1.19. The summed E-state index contributed by atoms with van der Waals surface area (Å²) < 4.78 is 14.6. The maximum absolute atomic E-state index is 12.4. The molecule has 0 aromatic carbocycles. The van der Waals surface area contributed by atoms with Crippen LogP contribution in [0, 0.1) is 3.57 Å². The molecular formula is C26H39IN8O3Si. The number of halogens is 1. The Morgan fingerprint density at radius 2 is 1.87 bits per heavy atom. The number of nitrogens with one attached hydrogen (secondary N) is 1. The Morgan fingerprint density at radius 1 is 1.13 bits per heavy atom. The Bertz CT molecular complexity index is 1280. The number of rotatable bonds is 9. The number of piperazine rings is 1. The van der Waals surface area contributed by atoms with Crippen LogP contribution in [-0.2, 0) is 22.7 Å². The lowest BCUT2D eigenvalue weighted by Gasteiger charge is -2.35. The van der Waals surface area contributed by atoms with Gasteiger partial charge in [-0.2, -0.15) is 0 Å². The van der Waals surface area contributed by atoms with Crippen LogP contribution in [0.2, 0.25) is 25.7 Å². The first-order valence-electron chi connectivity index (χ1n) is 13.3. The van der Waals surface area contributed by atoms with Gasteiger partial charge in [-0.3, -0.25) is 0 Å². The zero-order chi connectivity index (χ0) is 28.2. The van der Waals surface area contributed by atoms with Gasteiger partial charge < -0.3 is 29.2 Å². The summed E-state index contributed by atoms with van der Waals surface area (Å²) in [6, 6.07) is 3.03. The molecule has 0 aliphatic carbocycles. The zero-order valence-electron chi connectivity index (χ0n) is 23.7. The molecule has 1 saturated heterocycles. The maximum Gasteiger partial charge on any atom is 0.410 e. The number of fused-ring (bicyclic) bond motifs is 1. The van der Waals surface area contributed by atoms with E-state index in [4.69, 9.17) is 14.5 Å². The summed E-state index contributed by atoms with van der Waals surface area (Å²) in [7, 11) is -1.13. The number of nitrogens with zero attached hydrogens (tertiary/aromatic N) is 7. The number of amides is 1. The first-order valence-corrected chi connectivity index (χ1v) is 18.0. The highest BCUT2D eigenvalue weighted by Crippen LogP contribution is 2.27. The Hall–Kier alpha value is -2.52. The SMILES string of the molecule is CC(C)(C)OC(=O)N1CCN(c2nccc(CNc3ncnc4c3c(I)cn4COCC[Si](C)(C)C)n2)CC1. The minimum atomic E-state index is -1.13. The molecule has 1 amide bonds. The van der Waals surface area contributed by atoms with Crippen LogP contribution in [0.25, 0.3) is 11.0 Å². The van der Waals surface area contributed by atoms with E-state index in [-0.39, 0.29) is 6.09 Å². The van der Waals surface area contributed by atoms with E-state index < -0.39 is 13.7 Å². The first kappa shape index (κ1) is 29.5. The standard InChI is InChI=1S/C26H39IN8O3Si/c1-26(2,3)38-25(36)34-11-9-33(10-12-34)24-28-8-7-19(32-24)15-29-22-21-20(27)16-35(23(21)31-17-30-22)18-37-13-14-39(4,5)6/h7-8,16-17H,9-15,18H2,1-6H3,(H,29,30,31). The summed E-state index contributed by atoms with van der Waals surface area (Å²) in [6.07, 6.45) is 5.13. The molecule has 1 N–H and O–H groups in total. The van der Waals surface area contributed by atoms with Crippen LogP contribution in [0.15, 0.2) is 24.8 Å². The first-order chi connectivity index (χ1) is 18.4. The van der Waals surface area contributed by atoms with Gasteiger partial charge >= 0.3 is 6.09 Å². The lowest BCUT2D eigenvalue weighted by atomic mass is 10.2. The van der Waals surface area contributed by atoms with Crippen molar-refractivity contribution in [2.45, 2.75) is 65.3 Å². The molecule has 1 aliphatic rings. The molecule has 0 saturated carbocycles.